The van der Waals surface area contributed by atoms with Crippen LogP contribution < -0.4 is 9.64 Å². The van der Waals surface area contributed by atoms with Gasteiger partial charge < -0.3 is 14.6 Å². The maximum atomic E-state index is 13.9. The van der Waals surface area contributed by atoms with Gasteiger partial charge in [-0.05, 0) is 56.5 Å². The third kappa shape index (κ3) is 3.14. The van der Waals surface area contributed by atoms with E-state index in [1.807, 2.05) is 44.2 Å². The van der Waals surface area contributed by atoms with Gasteiger partial charge in [0.25, 0.3) is 0 Å². The van der Waals surface area contributed by atoms with Gasteiger partial charge in [0, 0.05) is 23.3 Å². The van der Waals surface area contributed by atoms with Crippen LogP contribution in [0.2, 0.25) is 0 Å². The van der Waals surface area contributed by atoms with Crippen molar-refractivity contribution in [2.45, 2.75) is 44.3 Å². The fourth-order valence-corrected chi connectivity index (χ4v) is 6.58. The number of aryl methyl sites for hydroxylation is 1. The van der Waals surface area contributed by atoms with Gasteiger partial charge in [-0.3, -0.25) is 9.59 Å². The summed E-state index contributed by atoms with van der Waals surface area (Å²) in [4.78, 5) is 29.1. The first kappa shape index (κ1) is 22.6. The van der Waals surface area contributed by atoms with Crippen molar-refractivity contribution in [3.63, 3.8) is 0 Å². The van der Waals surface area contributed by atoms with Crippen molar-refractivity contribution in [1.82, 2.24) is 0 Å². The van der Waals surface area contributed by atoms with E-state index in [-0.39, 0.29) is 17.6 Å². The number of amides is 2. The minimum atomic E-state index is -0.783. The molecule has 6 rings (SSSR count). The summed E-state index contributed by atoms with van der Waals surface area (Å²) in [6.07, 6.45) is 1.83. The fraction of sp³-hybridized carbons (Fsp3) is 0.345. The Labute approximate surface area is 208 Å². The molecule has 0 aliphatic carbocycles. The quantitative estimate of drug-likeness (QED) is 0.533. The van der Waals surface area contributed by atoms with E-state index in [1.165, 1.54) is 4.90 Å². The molecule has 7 heteroatoms. The lowest BCUT2D eigenvalue weighted by Crippen LogP contribution is -2.43. The second-order valence-corrected chi connectivity index (χ2v) is 10.3. The average Bonchev–Trinajstić information content (AvgIpc) is 3.42. The molecule has 2 amide bonds. The number of anilines is 1. The summed E-state index contributed by atoms with van der Waals surface area (Å²) in [6.45, 7) is 4.11. The number of carbonyl (C=O) groups excluding carboxylic acids is 2. The van der Waals surface area contributed by atoms with Crippen molar-refractivity contribution in [3.8, 4) is 17.6 Å². The summed E-state index contributed by atoms with van der Waals surface area (Å²) in [5.41, 5.74) is 0.403. The molecule has 3 heterocycles. The normalized spacial score (nSPS) is 28.5. The lowest BCUT2D eigenvalue weighted by atomic mass is 9.67. The van der Waals surface area contributed by atoms with Crippen LogP contribution in [0, 0.1) is 30.1 Å². The second-order valence-electron chi connectivity index (χ2n) is 10.3. The molecule has 0 unspecified atom stereocenters. The minimum absolute atomic E-state index is 0.135. The van der Waals surface area contributed by atoms with Crippen LogP contribution in [0.15, 0.2) is 54.6 Å². The summed E-state index contributed by atoms with van der Waals surface area (Å²) in [7, 11) is 0. The average molecular weight is 483 g/mol. The highest BCUT2D eigenvalue weighted by atomic mass is 16.5. The fourth-order valence-electron chi connectivity index (χ4n) is 6.58. The molecule has 0 saturated carbocycles. The van der Waals surface area contributed by atoms with Crippen molar-refractivity contribution >= 4 is 28.3 Å². The van der Waals surface area contributed by atoms with E-state index in [4.69, 9.17) is 9.47 Å². The van der Waals surface area contributed by atoms with Gasteiger partial charge in [0.05, 0.1) is 47.0 Å². The number of phenols is 1. The highest BCUT2D eigenvalue weighted by Crippen LogP contribution is 2.62. The van der Waals surface area contributed by atoms with E-state index in [0.717, 1.165) is 5.56 Å². The molecule has 3 aromatic carbocycles. The van der Waals surface area contributed by atoms with Crippen molar-refractivity contribution in [1.29, 1.82) is 5.26 Å². The van der Waals surface area contributed by atoms with Crippen LogP contribution in [0.25, 0.3) is 10.8 Å². The van der Waals surface area contributed by atoms with E-state index in [1.54, 1.807) is 24.3 Å². The third-order valence-corrected chi connectivity index (χ3v) is 8.10. The Morgan fingerprint density at radius 2 is 1.83 bits per heavy atom. The monoisotopic (exact) mass is 482 g/mol. The Bertz CT molecular complexity index is 1460. The Morgan fingerprint density at radius 1 is 1.08 bits per heavy atom. The first-order valence-electron chi connectivity index (χ1n) is 12.2. The number of hydrogen-bond acceptors (Lipinski definition) is 6. The third-order valence-electron chi connectivity index (χ3n) is 8.10. The van der Waals surface area contributed by atoms with E-state index in [2.05, 4.69) is 6.07 Å². The molecule has 2 bridgehead atoms. The van der Waals surface area contributed by atoms with Gasteiger partial charge in [-0.15, -0.1) is 0 Å². The number of rotatable bonds is 5. The Morgan fingerprint density at radius 3 is 2.58 bits per heavy atom. The summed E-state index contributed by atoms with van der Waals surface area (Å²) < 4.78 is 12.4. The highest BCUT2D eigenvalue weighted by Gasteiger charge is 2.73. The molecular weight excluding hydrogens is 456 g/mol. The van der Waals surface area contributed by atoms with Gasteiger partial charge in [0.15, 0.2) is 0 Å². The van der Waals surface area contributed by atoms with Crippen molar-refractivity contribution < 1.29 is 24.2 Å². The van der Waals surface area contributed by atoms with Gasteiger partial charge in [-0.2, -0.15) is 5.26 Å². The first-order chi connectivity index (χ1) is 17.3. The zero-order valence-corrected chi connectivity index (χ0v) is 20.2. The number of carbonyl (C=O) groups is 2. The SMILES string of the molecule is Cc1cc(O)cc(OCC[C@@]23CC[C@@](C)(O2)[C@H]2C(=O)N(c4ccc(C#N)c5ccccc45)C(=O)[C@H]23)c1. The predicted octanol–water partition coefficient (Wildman–Crippen LogP) is 4.62. The zero-order chi connectivity index (χ0) is 25.2. The number of imide groups is 1. The van der Waals surface area contributed by atoms with Gasteiger partial charge in [0.2, 0.25) is 11.8 Å². The molecule has 3 fully saturated rings. The van der Waals surface area contributed by atoms with Crippen LogP contribution in [-0.4, -0.2) is 34.7 Å². The molecule has 3 aliphatic heterocycles. The molecule has 36 heavy (non-hydrogen) atoms. The van der Waals surface area contributed by atoms with Crippen LogP contribution in [-0.2, 0) is 14.3 Å². The summed E-state index contributed by atoms with van der Waals surface area (Å²) in [5.74, 6) is -0.955. The van der Waals surface area contributed by atoms with Gasteiger partial charge >= 0.3 is 0 Å². The lowest BCUT2D eigenvalue weighted by Gasteiger charge is -2.31. The molecule has 0 spiro atoms. The molecule has 4 atom stereocenters. The highest BCUT2D eigenvalue weighted by molar-refractivity contribution is 6.26. The standard InChI is InChI=1S/C29H26N2O5/c1-17-13-19(32)15-20(14-17)35-12-11-29-10-9-28(2,36-29)24-25(29)27(34)31(26(24)33)23-8-7-18(16-30)21-5-3-4-6-22(21)23/h3-8,13-15,24-25,32H,9-12H2,1-2H3/t24-,25+,28-,29-/m1/s1. The van der Waals surface area contributed by atoms with E-state index in [0.29, 0.717) is 53.6 Å². The molecule has 3 saturated heterocycles. The largest absolute Gasteiger partial charge is 0.508 e. The molecule has 182 valence electrons. The maximum absolute atomic E-state index is 13.9. The molecule has 3 aliphatic rings. The van der Waals surface area contributed by atoms with Crippen LogP contribution in [0.3, 0.4) is 0 Å². The number of fused-ring (bicyclic) bond motifs is 6. The molecule has 0 aromatic heterocycles. The van der Waals surface area contributed by atoms with Crippen molar-refractivity contribution in [3.05, 3.63) is 65.7 Å². The molecule has 1 N–H and O–H groups in total. The number of aromatic hydroxyl groups is 1. The van der Waals surface area contributed by atoms with Gasteiger partial charge in [-0.1, -0.05) is 24.3 Å². The van der Waals surface area contributed by atoms with Gasteiger partial charge in [-0.25, -0.2) is 4.90 Å². The molecule has 3 aromatic rings. The van der Waals surface area contributed by atoms with Crippen LogP contribution in [0.1, 0.15) is 37.3 Å². The number of nitrogens with zero attached hydrogens (tertiary/aromatic N) is 2. The minimum Gasteiger partial charge on any atom is -0.508 e. The smallest absolute Gasteiger partial charge is 0.240 e. The van der Waals surface area contributed by atoms with E-state index >= 15 is 0 Å². The molecule has 7 nitrogen and oxygen atoms in total. The van der Waals surface area contributed by atoms with Crippen LogP contribution >= 0.6 is 0 Å². The number of nitriles is 1. The topological polar surface area (TPSA) is 99.9 Å². The zero-order valence-electron chi connectivity index (χ0n) is 20.2. The summed E-state index contributed by atoms with van der Waals surface area (Å²) >= 11 is 0. The van der Waals surface area contributed by atoms with Crippen LogP contribution in [0.5, 0.6) is 11.5 Å². The van der Waals surface area contributed by atoms with Crippen molar-refractivity contribution in [2.75, 3.05) is 11.5 Å². The number of benzene rings is 3. The number of phenolic OH excluding ortho intramolecular Hbond substituents is 1. The van der Waals surface area contributed by atoms with E-state index in [9.17, 15) is 20.0 Å². The number of hydrogen-bond donors (Lipinski definition) is 1. The van der Waals surface area contributed by atoms with Crippen LogP contribution in [0.4, 0.5) is 5.69 Å². The van der Waals surface area contributed by atoms with Gasteiger partial charge in [0.1, 0.15) is 11.5 Å². The van der Waals surface area contributed by atoms with Crippen molar-refractivity contribution in [2.24, 2.45) is 11.8 Å². The first-order valence-corrected chi connectivity index (χ1v) is 12.2. The molecular formula is C29H26N2O5. The lowest BCUT2D eigenvalue weighted by molar-refractivity contribution is -0.131. The Balaban J connectivity index is 1.33. The van der Waals surface area contributed by atoms with E-state index < -0.39 is 23.0 Å². The second kappa shape index (κ2) is 7.81. The Hall–Kier alpha value is -3.89. The maximum Gasteiger partial charge on any atom is 0.240 e. The molecule has 0 radical (unpaired) electrons. The Kier molecular flexibility index (Phi) is 4.89. The number of ether oxygens (including phenoxy) is 2. The predicted molar refractivity (Wildman–Crippen MR) is 133 cm³/mol. The summed E-state index contributed by atoms with van der Waals surface area (Å²) in [5, 5.41) is 20.8. The summed E-state index contributed by atoms with van der Waals surface area (Å²) in [6, 6.07) is 18.0.